The molecule has 112 valence electrons. The van der Waals surface area contributed by atoms with Gasteiger partial charge < -0.3 is 10.1 Å². The zero-order valence-corrected chi connectivity index (χ0v) is 13.7. The van der Waals surface area contributed by atoms with Crippen molar-refractivity contribution in [2.45, 2.75) is 39.7 Å². The van der Waals surface area contributed by atoms with E-state index < -0.39 is 0 Å². The van der Waals surface area contributed by atoms with Gasteiger partial charge in [0, 0.05) is 24.1 Å². The van der Waals surface area contributed by atoms with E-state index in [0.29, 0.717) is 6.10 Å². The van der Waals surface area contributed by atoms with E-state index in [2.05, 4.69) is 43.6 Å². The van der Waals surface area contributed by atoms with Crippen LogP contribution in [0.25, 0.3) is 11.3 Å². The van der Waals surface area contributed by atoms with Gasteiger partial charge in [-0.3, -0.25) is 0 Å². The van der Waals surface area contributed by atoms with Crippen LogP contribution in [-0.4, -0.2) is 24.2 Å². The third-order valence-corrected chi connectivity index (χ3v) is 4.93. The normalized spacial score (nSPS) is 18.1. The highest BCUT2D eigenvalue weighted by atomic mass is 32.1. The van der Waals surface area contributed by atoms with Gasteiger partial charge in [0.05, 0.1) is 11.8 Å². The Morgan fingerprint density at radius 1 is 1.24 bits per heavy atom. The molecule has 0 radical (unpaired) electrons. The van der Waals surface area contributed by atoms with Gasteiger partial charge in [0.2, 0.25) is 0 Å². The quantitative estimate of drug-likeness (QED) is 0.913. The summed E-state index contributed by atoms with van der Waals surface area (Å²) in [6, 6.07) is 4.48. The fourth-order valence-corrected chi connectivity index (χ4v) is 3.44. The highest BCUT2D eigenvalue weighted by Gasteiger charge is 2.16. The molecule has 0 saturated carbocycles. The monoisotopic (exact) mass is 302 g/mol. The predicted octanol–water partition coefficient (Wildman–Crippen LogP) is 4.33. The molecule has 1 aliphatic heterocycles. The molecule has 2 aromatic rings. The number of thiazole rings is 1. The lowest BCUT2D eigenvalue weighted by atomic mass is 9.99. The number of hydrogen-bond donors (Lipinski definition) is 1. The van der Waals surface area contributed by atoms with Crippen molar-refractivity contribution in [3.05, 3.63) is 34.2 Å². The van der Waals surface area contributed by atoms with Crippen LogP contribution in [0.4, 0.5) is 5.13 Å². The van der Waals surface area contributed by atoms with Crippen LogP contribution >= 0.6 is 11.3 Å². The molecule has 1 saturated heterocycles. The second kappa shape index (κ2) is 6.16. The zero-order chi connectivity index (χ0) is 14.8. The Balaban J connectivity index is 1.73. The van der Waals surface area contributed by atoms with Crippen LogP contribution in [-0.2, 0) is 4.74 Å². The van der Waals surface area contributed by atoms with Crippen molar-refractivity contribution < 1.29 is 4.74 Å². The molecule has 3 nitrogen and oxygen atoms in total. The van der Waals surface area contributed by atoms with Crippen LogP contribution in [0.2, 0.25) is 0 Å². The first-order valence-electron chi connectivity index (χ1n) is 7.52. The summed E-state index contributed by atoms with van der Waals surface area (Å²) in [6.45, 7) is 8.22. The van der Waals surface area contributed by atoms with Gasteiger partial charge in [-0.15, -0.1) is 11.3 Å². The van der Waals surface area contributed by atoms with Gasteiger partial charge in [0.25, 0.3) is 0 Å². The molecule has 0 bridgehead atoms. The number of nitrogens with zero attached hydrogens (tertiary/aromatic N) is 1. The summed E-state index contributed by atoms with van der Waals surface area (Å²) in [7, 11) is 0. The van der Waals surface area contributed by atoms with E-state index in [-0.39, 0.29) is 0 Å². The second-order valence-electron chi connectivity index (χ2n) is 5.81. The van der Waals surface area contributed by atoms with E-state index in [1.807, 2.05) is 0 Å². The summed E-state index contributed by atoms with van der Waals surface area (Å²) in [5.74, 6) is 0. The topological polar surface area (TPSA) is 34.1 Å². The summed E-state index contributed by atoms with van der Waals surface area (Å²) in [5.41, 5.74) is 6.24. The van der Waals surface area contributed by atoms with Crippen molar-refractivity contribution in [3.8, 4) is 11.3 Å². The fraction of sp³-hybridized carbons (Fsp3) is 0.471. The van der Waals surface area contributed by atoms with Gasteiger partial charge in [-0.25, -0.2) is 4.98 Å². The summed E-state index contributed by atoms with van der Waals surface area (Å²) in [5, 5.41) is 6.52. The lowest BCUT2D eigenvalue weighted by Crippen LogP contribution is -2.18. The van der Waals surface area contributed by atoms with Crippen LogP contribution < -0.4 is 5.32 Å². The Morgan fingerprint density at radius 2 is 2.05 bits per heavy atom. The Labute approximate surface area is 130 Å². The highest BCUT2D eigenvalue weighted by Crippen LogP contribution is 2.29. The van der Waals surface area contributed by atoms with Crippen LogP contribution in [0.5, 0.6) is 0 Å². The molecule has 0 unspecified atom stereocenters. The smallest absolute Gasteiger partial charge is 0.183 e. The standard InChI is InChI=1S/C17H22N2OS/c1-11-7-13(3)15(8-12(11)2)16-10-21-17(19-16)18-9-14-5-4-6-20-14/h7-8,10,14H,4-6,9H2,1-3H3,(H,18,19)/t14-/m0/s1. The number of rotatable bonds is 4. The number of hydrogen-bond acceptors (Lipinski definition) is 4. The van der Waals surface area contributed by atoms with Gasteiger partial charge >= 0.3 is 0 Å². The maximum atomic E-state index is 5.63. The van der Waals surface area contributed by atoms with E-state index in [9.17, 15) is 0 Å². The Bertz CT molecular complexity index is 630. The number of ether oxygens (including phenoxy) is 1. The molecule has 2 heterocycles. The number of nitrogens with one attached hydrogen (secondary N) is 1. The van der Waals surface area contributed by atoms with Crippen molar-refractivity contribution in [1.29, 1.82) is 0 Å². The fourth-order valence-electron chi connectivity index (χ4n) is 2.72. The number of benzene rings is 1. The van der Waals surface area contributed by atoms with Crippen LogP contribution in [0.1, 0.15) is 29.5 Å². The highest BCUT2D eigenvalue weighted by molar-refractivity contribution is 7.14. The molecular weight excluding hydrogens is 280 g/mol. The van der Waals surface area contributed by atoms with Crippen molar-refractivity contribution >= 4 is 16.5 Å². The van der Waals surface area contributed by atoms with Gasteiger partial charge in [0.1, 0.15) is 0 Å². The Morgan fingerprint density at radius 3 is 2.81 bits per heavy atom. The van der Waals surface area contributed by atoms with Gasteiger partial charge in [-0.1, -0.05) is 6.07 Å². The Hall–Kier alpha value is -1.39. The third-order valence-electron chi connectivity index (χ3n) is 4.13. The molecule has 0 amide bonds. The van der Waals surface area contributed by atoms with Crippen LogP contribution in [0.15, 0.2) is 17.5 Å². The average molecular weight is 302 g/mol. The van der Waals surface area contributed by atoms with Crippen molar-refractivity contribution in [2.75, 3.05) is 18.5 Å². The minimum Gasteiger partial charge on any atom is -0.376 e. The molecule has 21 heavy (non-hydrogen) atoms. The lowest BCUT2D eigenvalue weighted by Gasteiger charge is -2.09. The molecule has 0 spiro atoms. The first kappa shape index (κ1) is 14.5. The molecule has 1 atom stereocenters. The van der Waals surface area contributed by atoms with E-state index in [0.717, 1.165) is 30.4 Å². The minimum absolute atomic E-state index is 0.348. The average Bonchev–Trinajstić information content (AvgIpc) is 3.11. The van der Waals surface area contributed by atoms with Gasteiger partial charge in [-0.2, -0.15) is 0 Å². The van der Waals surface area contributed by atoms with E-state index in [1.54, 1.807) is 11.3 Å². The Kier molecular flexibility index (Phi) is 4.27. The molecule has 1 fully saturated rings. The summed E-state index contributed by atoms with van der Waals surface area (Å²) in [4.78, 5) is 4.72. The molecular formula is C17H22N2OS. The summed E-state index contributed by atoms with van der Waals surface area (Å²) in [6.07, 6.45) is 2.68. The maximum absolute atomic E-state index is 5.63. The zero-order valence-electron chi connectivity index (χ0n) is 12.9. The number of aryl methyl sites for hydroxylation is 3. The summed E-state index contributed by atoms with van der Waals surface area (Å²) < 4.78 is 5.63. The first-order chi connectivity index (χ1) is 10.1. The van der Waals surface area contributed by atoms with Crippen molar-refractivity contribution in [1.82, 2.24) is 4.98 Å². The van der Waals surface area contributed by atoms with Crippen molar-refractivity contribution in [2.24, 2.45) is 0 Å². The minimum atomic E-state index is 0.348. The first-order valence-corrected chi connectivity index (χ1v) is 8.40. The van der Waals surface area contributed by atoms with Crippen LogP contribution in [0, 0.1) is 20.8 Å². The van der Waals surface area contributed by atoms with Crippen LogP contribution in [0.3, 0.4) is 0 Å². The largest absolute Gasteiger partial charge is 0.376 e. The molecule has 1 N–H and O–H groups in total. The summed E-state index contributed by atoms with van der Waals surface area (Å²) >= 11 is 1.67. The van der Waals surface area contributed by atoms with Gasteiger partial charge in [0.15, 0.2) is 5.13 Å². The molecule has 1 aromatic heterocycles. The third kappa shape index (κ3) is 3.27. The second-order valence-corrected chi connectivity index (χ2v) is 6.66. The van der Waals surface area contributed by atoms with Crippen molar-refractivity contribution in [3.63, 3.8) is 0 Å². The number of aromatic nitrogens is 1. The maximum Gasteiger partial charge on any atom is 0.183 e. The lowest BCUT2D eigenvalue weighted by molar-refractivity contribution is 0.120. The van der Waals surface area contributed by atoms with E-state index in [4.69, 9.17) is 9.72 Å². The molecule has 1 aliphatic rings. The number of anilines is 1. The predicted molar refractivity (Wildman–Crippen MR) is 89.2 cm³/mol. The van der Waals surface area contributed by atoms with E-state index in [1.165, 1.54) is 28.7 Å². The molecule has 3 rings (SSSR count). The molecule has 1 aromatic carbocycles. The molecule has 0 aliphatic carbocycles. The molecule has 4 heteroatoms. The SMILES string of the molecule is Cc1cc(C)c(-c2csc(NC[C@@H]3CCCO3)n2)cc1C. The van der Waals surface area contributed by atoms with Gasteiger partial charge in [-0.05, 0) is 56.4 Å². The van der Waals surface area contributed by atoms with E-state index >= 15 is 0 Å².